The predicted molar refractivity (Wildman–Crippen MR) is 79.3 cm³/mol. The molecule has 0 radical (unpaired) electrons. The Morgan fingerprint density at radius 3 is 2.70 bits per heavy atom. The van der Waals surface area contributed by atoms with Crippen molar-refractivity contribution in [1.29, 1.82) is 0 Å². The molecule has 0 aliphatic rings. The van der Waals surface area contributed by atoms with Gasteiger partial charge >= 0.3 is 6.61 Å². The number of hydrogen-bond donors (Lipinski definition) is 1. The Morgan fingerprint density at radius 2 is 2.00 bits per heavy atom. The third kappa shape index (κ3) is 4.20. The zero-order chi connectivity index (χ0) is 14.5. The Labute approximate surface area is 124 Å². The largest absolute Gasteiger partial charge is 0.435 e. The van der Waals surface area contributed by atoms with Crippen LogP contribution in [0.4, 0.5) is 14.5 Å². The molecule has 0 aliphatic carbocycles. The van der Waals surface area contributed by atoms with Gasteiger partial charge in [0, 0.05) is 22.8 Å². The number of halogens is 3. The summed E-state index contributed by atoms with van der Waals surface area (Å²) in [6.07, 6.45) is 0. The van der Waals surface area contributed by atoms with Gasteiger partial charge < -0.3 is 10.1 Å². The van der Waals surface area contributed by atoms with Gasteiger partial charge in [-0.2, -0.15) is 8.78 Å². The summed E-state index contributed by atoms with van der Waals surface area (Å²) in [5, 5.41) is 3.18. The fourth-order valence-electron chi connectivity index (χ4n) is 1.78. The van der Waals surface area contributed by atoms with Crippen LogP contribution >= 0.6 is 15.9 Å². The van der Waals surface area contributed by atoms with Crippen LogP contribution in [0.15, 0.2) is 46.9 Å². The fourth-order valence-corrected chi connectivity index (χ4v) is 2.41. The van der Waals surface area contributed by atoms with Crippen molar-refractivity contribution in [2.24, 2.45) is 0 Å². The first-order valence-corrected chi connectivity index (χ1v) is 6.87. The third-order valence-electron chi connectivity index (χ3n) is 2.75. The van der Waals surface area contributed by atoms with E-state index in [0.29, 0.717) is 6.54 Å². The number of nitrogens with one attached hydrogen (secondary N) is 1. The lowest BCUT2D eigenvalue weighted by atomic mass is 10.1. The molecule has 0 spiro atoms. The van der Waals surface area contributed by atoms with Crippen molar-refractivity contribution in [3.63, 3.8) is 0 Å². The van der Waals surface area contributed by atoms with E-state index in [9.17, 15) is 8.78 Å². The molecular weight excluding hydrogens is 328 g/mol. The summed E-state index contributed by atoms with van der Waals surface area (Å²) in [6, 6.07) is 12.6. The summed E-state index contributed by atoms with van der Waals surface area (Å²) in [6.45, 7) is -0.192. The van der Waals surface area contributed by atoms with Gasteiger partial charge in [0.1, 0.15) is 5.75 Å². The van der Waals surface area contributed by atoms with E-state index in [0.717, 1.165) is 15.7 Å². The summed E-state index contributed by atoms with van der Waals surface area (Å²) in [5.74, 6) is 0.146. The standard InChI is InChI=1S/C15H14BrF2NO/c1-10-5-6-11(14(16)7-10)9-19-12-3-2-4-13(8-12)20-15(17)18/h2-8,15,19H,9H2,1H3. The number of anilines is 1. The molecule has 0 amide bonds. The molecule has 0 aliphatic heterocycles. The molecule has 0 heterocycles. The molecule has 2 nitrogen and oxygen atoms in total. The van der Waals surface area contributed by atoms with Crippen LogP contribution in [0, 0.1) is 6.92 Å². The minimum absolute atomic E-state index is 0.146. The minimum atomic E-state index is -2.81. The van der Waals surface area contributed by atoms with Crippen molar-refractivity contribution in [1.82, 2.24) is 0 Å². The second-order valence-corrected chi connectivity index (χ2v) is 5.21. The first kappa shape index (κ1) is 14.8. The second-order valence-electron chi connectivity index (χ2n) is 4.35. The first-order valence-electron chi connectivity index (χ1n) is 6.08. The maximum absolute atomic E-state index is 12.1. The highest BCUT2D eigenvalue weighted by atomic mass is 79.9. The molecule has 5 heteroatoms. The molecule has 2 aromatic carbocycles. The van der Waals surface area contributed by atoms with Crippen LogP contribution in [0.1, 0.15) is 11.1 Å². The average molecular weight is 342 g/mol. The highest BCUT2D eigenvalue weighted by Gasteiger charge is 2.05. The van der Waals surface area contributed by atoms with Crippen LogP contribution in [0.25, 0.3) is 0 Å². The van der Waals surface area contributed by atoms with Crippen molar-refractivity contribution in [2.45, 2.75) is 20.1 Å². The van der Waals surface area contributed by atoms with Crippen molar-refractivity contribution in [3.05, 3.63) is 58.1 Å². The van der Waals surface area contributed by atoms with E-state index < -0.39 is 6.61 Å². The quantitative estimate of drug-likeness (QED) is 0.828. The highest BCUT2D eigenvalue weighted by Crippen LogP contribution is 2.22. The molecule has 1 N–H and O–H groups in total. The van der Waals surface area contributed by atoms with Crippen LogP contribution in [-0.2, 0) is 6.54 Å². The molecule has 0 aromatic heterocycles. The van der Waals surface area contributed by atoms with Gasteiger partial charge in [-0.25, -0.2) is 0 Å². The number of alkyl halides is 2. The second kappa shape index (κ2) is 6.70. The van der Waals surface area contributed by atoms with Gasteiger partial charge in [-0.15, -0.1) is 0 Å². The SMILES string of the molecule is Cc1ccc(CNc2cccc(OC(F)F)c2)c(Br)c1. The average Bonchev–Trinajstić information content (AvgIpc) is 2.37. The lowest BCUT2D eigenvalue weighted by molar-refractivity contribution is -0.0498. The normalized spacial score (nSPS) is 10.7. The van der Waals surface area contributed by atoms with Gasteiger partial charge in [0.2, 0.25) is 0 Å². The molecule has 0 saturated carbocycles. The summed E-state index contributed by atoms with van der Waals surface area (Å²) >= 11 is 3.50. The van der Waals surface area contributed by atoms with Gasteiger partial charge in [-0.1, -0.05) is 34.1 Å². The highest BCUT2D eigenvalue weighted by molar-refractivity contribution is 9.10. The number of ether oxygens (including phenoxy) is 1. The van der Waals surface area contributed by atoms with Gasteiger partial charge in [-0.3, -0.25) is 0 Å². The maximum Gasteiger partial charge on any atom is 0.387 e. The Kier molecular flexibility index (Phi) is 4.95. The summed E-state index contributed by atoms with van der Waals surface area (Å²) < 4.78 is 29.7. The number of aryl methyl sites for hydroxylation is 1. The molecule has 0 atom stereocenters. The Bertz CT molecular complexity index is 590. The van der Waals surface area contributed by atoms with E-state index in [1.54, 1.807) is 18.2 Å². The topological polar surface area (TPSA) is 21.3 Å². The molecule has 0 unspecified atom stereocenters. The fraction of sp³-hybridized carbons (Fsp3) is 0.200. The Hall–Kier alpha value is -1.62. The summed E-state index contributed by atoms with van der Waals surface area (Å²) in [7, 11) is 0. The van der Waals surface area contributed by atoms with Crippen LogP contribution in [0.3, 0.4) is 0 Å². The van der Waals surface area contributed by atoms with Crippen LogP contribution in [0.5, 0.6) is 5.75 Å². The molecule has 0 bridgehead atoms. The zero-order valence-electron chi connectivity index (χ0n) is 10.9. The lowest BCUT2D eigenvalue weighted by Crippen LogP contribution is -2.03. The molecule has 20 heavy (non-hydrogen) atoms. The molecule has 0 fully saturated rings. The van der Waals surface area contributed by atoms with Crippen LogP contribution in [0.2, 0.25) is 0 Å². The monoisotopic (exact) mass is 341 g/mol. The summed E-state index contributed by atoms with van der Waals surface area (Å²) in [5.41, 5.74) is 3.00. The smallest absolute Gasteiger partial charge is 0.387 e. The van der Waals surface area contributed by atoms with Crippen molar-refractivity contribution >= 4 is 21.6 Å². The minimum Gasteiger partial charge on any atom is -0.435 e. The molecule has 2 aromatic rings. The van der Waals surface area contributed by atoms with Crippen molar-refractivity contribution < 1.29 is 13.5 Å². The third-order valence-corrected chi connectivity index (χ3v) is 3.49. The Morgan fingerprint density at radius 1 is 1.20 bits per heavy atom. The van der Waals surface area contributed by atoms with E-state index >= 15 is 0 Å². The number of hydrogen-bond acceptors (Lipinski definition) is 2. The van der Waals surface area contributed by atoms with Crippen molar-refractivity contribution in [3.8, 4) is 5.75 Å². The zero-order valence-corrected chi connectivity index (χ0v) is 12.5. The molecule has 0 saturated heterocycles. The molecule has 2 rings (SSSR count). The van der Waals surface area contributed by atoms with E-state index in [4.69, 9.17) is 0 Å². The van der Waals surface area contributed by atoms with Crippen LogP contribution in [-0.4, -0.2) is 6.61 Å². The molecule has 106 valence electrons. The van der Waals surface area contributed by atoms with E-state index in [1.165, 1.54) is 11.6 Å². The van der Waals surface area contributed by atoms with Crippen molar-refractivity contribution in [2.75, 3.05) is 5.32 Å². The van der Waals surface area contributed by atoms with Gasteiger partial charge in [0.15, 0.2) is 0 Å². The van der Waals surface area contributed by atoms with Gasteiger partial charge in [-0.05, 0) is 36.2 Å². The van der Waals surface area contributed by atoms with Gasteiger partial charge in [0.25, 0.3) is 0 Å². The summed E-state index contributed by atoms with van der Waals surface area (Å²) in [4.78, 5) is 0. The van der Waals surface area contributed by atoms with Crippen LogP contribution < -0.4 is 10.1 Å². The van der Waals surface area contributed by atoms with Gasteiger partial charge in [0.05, 0.1) is 0 Å². The van der Waals surface area contributed by atoms with E-state index in [1.807, 2.05) is 25.1 Å². The first-order chi connectivity index (χ1) is 9.54. The Balaban J connectivity index is 2.03. The van der Waals surface area contributed by atoms with E-state index in [-0.39, 0.29) is 5.75 Å². The maximum atomic E-state index is 12.1. The number of benzene rings is 2. The molecular formula is C15H14BrF2NO. The van der Waals surface area contributed by atoms with E-state index in [2.05, 4.69) is 26.0 Å². The lowest BCUT2D eigenvalue weighted by Gasteiger charge is -2.10. The predicted octanol–water partition coefficient (Wildman–Crippen LogP) is 4.97. The number of rotatable bonds is 5.